The van der Waals surface area contributed by atoms with Crippen molar-refractivity contribution in [1.82, 2.24) is 4.98 Å². The van der Waals surface area contributed by atoms with E-state index in [2.05, 4.69) is 10.3 Å². The van der Waals surface area contributed by atoms with Gasteiger partial charge in [-0.2, -0.15) is 0 Å². The van der Waals surface area contributed by atoms with Gasteiger partial charge in [0.05, 0.1) is 6.42 Å². The van der Waals surface area contributed by atoms with E-state index >= 15 is 0 Å². The standard InChI is InChI=1S/C11H8F2N2OS/c12-8-1-2-9(13)7(5-8)6-10(16)15-11-14-3-4-17-11/h1-5H,6H2,(H,14,15,16). The van der Waals surface area contributed by atoms with E-state index < -0.39 is 17.5 Å². The third-order valence-corrected chi connectivity index (χ3v) is 2.73. The van der Waals surface area contributed by atoms with Gasteiger partial charge in [0.15, 0.2) is 5.13 Å². The van der Waals surface area contributed by atoms with Crippen LogP contribution in [0.4, 0.5) is 13.9 Å². The SMILES string of the molecule is O=C(Cc1cc(F)ccc1F)Nc1nccs1. The van der Waals surface area contributed by atoms with Gasteiger partial charge < -0.3 is 5.32 Å². The summed E-state index contributed by atoms with van der Waals surface area (Å²) in [6.45, 7) is 0. The van der Waals surface area contributed by atoms with E-state index in [1.165, 1.54) is 11.3 Å². The third kappa shape index (κ3) is 3.07. The summed E-state index contributed by atoms with van der Waals surface area (Å²) in [5, 5.41) is 4.64. The van der Waals surface area contributed by atoms with Gasteiger partial charge in [-0.15, -0.1) is 11.3 Å². The lowest BCUT2D eigenvalue weighted by atomic mass is 10.1. The van der Waals surface area contributed by atoms with Gasteiger partial charge in [0.1, 0.15) is 11.6 Å². The average Bonchev–Trinajstić information content (AvgIpc) is 2.76. The number of rotatable bonds is 3. The predicted molar refractivity (Wildman–Crippen MR) is 60.8 cm³/mol. The third-order valence-electron chi connectivity index (χ3n) is 2.04. The molecule has 0 bridgehead atoms. The summed E-state index contributed by atoms with van der Waals surface area (Å²) in [5.74, 6) is -1.59. The van der Waals surface area contributed by atoms with Crippen LogP contribution >= 0.6 is 11.3 Å². The number of nitrogens with one attached hydrogen (secondary N) is 1. The molecular formula is C11H8F2N2OS. The first-order valence-electron chi connectivity index (χ1n) is 4.78. The topological polar surface area (TPSA) is 42.0 Å². The highest BCUT2D eigenvalue weighted by molar-refractivity contribution is 7.13. The molecule has 17 heavy (non-hydrogen) atoms. The minimum absolute atomic E-state index is 0.0269. The summed E-state index contributed by atoms with van der Waals surface area (Å²) in [5.41, 5.74) is 0.0269. The molecule has 0 atom stereocenters. The lowest BCUT2D eigenvalue weighted by Gasteiger charge is -2.03. The maximum absolute atomic E-state index is 13.2. The van der Waals surface area contributed by atoms with Crippen LogP contribution in [-0.4, -0.2) is 10.9 Å². The van der Waals surface area contributed by atoms with Crippen molar-refractivity contribution in [2.45, 2.75) is 6.42 Å². The zero-order valence-electron chi connectivity index (χ0n) is 8.61. The van der Waals surface area contributed by atoms with Crippen molar-refractivity contribution in [3.05, 3.63) is 47.0 Å². The Morgan fingerprint density at radius 3 is 2.94 bits per heavy atom. The quantitative estimate of drug-likeness (QED) is 0.914. The lowest BCUT2D eigenvalue weighted by Crippen LogP contribution is -2.15. The number of benzene rings is 1. The molecule has 0 radical (unpaired) electrons. The summed E-state index contributed by atoms with van der Waals surface area (Å²) >= 11 is 1.26. The van der Waals surface area contributed by atoms with Crippen molar-refractivity contribution in [3.8, 4) is 0 Å². The Kier molecular flexibility index (Phi) is 3.43. The smallest absolute Gasteiger partial charge is 0.230 e. The second kappa shape index (κ2) is 5.01. The van der Waals surface area contributed by atoms with Crippen LogP contribution < -0.4 is 5.32 Å². The molecule has 2 rings (SSSR count). The van der Waals surface area contributed by atoms with Gasteiger partial charge in [-0.05, 0) is 18.2 Å². The molecule has 1 amide bonds. The molecule has 0 aliphatic heterocycles. The molecule has 0 aliphatic rings. The number of anilines is 1. The molecule has 1 aromatic carbocycles. The number of amides is 1. The zero-order chi connectivity index (χ0) is 12.3. The number of thiazole rings is 1. The van der Waals surface area contributed by atoms with Gasteiger partial charge in [-0.25, -0.2) is 13.8 Å². The van der Waals surface area contributed by atoms with Gasteiger partial charge in [-0.1, -0.05) is 0 Å². The molecule has 0 spiro atoms. The Labute approximate surface area is 100 Å². The van der Waals surface area contributed by atoms with Crippen LogP contribution in [-0.2, 0) is 11.2 Å². The van der Waals surface area contributed by atoms with Crippen molar-refractivity contribution in [2.75, 3.05) is 5.32 Å². The van der Waals surface area contributed by atoms with Crippen molar-refractivity contribution >= 4 is 22.4 Å². The van der Waals surface area contributed by atoms with Crippen LogP contribution in [0, 0.1) is 11.6 Å². The second-order valence-electron chi connectivity index (χ2n) is 3.30. The highest BCUT2D eigenvalue weighted by atomic mass is 32.1. The summed E-state index contributed by atoms with van der Waals surface area (Å²) < 4.78 is 26.1. The Morgan fingerprint density at radius 1 is 1.41 bits per heavy atom. The molecule has 0 unspecified atom stereocenters. The molecule has 0 saturated heterocycles. The van der Waals surface area contributed by atoms with Gasteiger partial charge in [0.25, 0.3) is 0 Å². The fourth-order valence-electron chi connectivity index (χ4n) is 1.30. The zero-order valence-corrected chi connectivity index (χ0v) is 9.43. The normalized spacial score (nSPS) is 10.2. The monoisotopic (exact) mass is 254 g/mol. The second-order valence-corrected chi connectivity index (χ2v) is 4.19. The Balaban J connectivity index is 2.05. The number of aromatic nitrogens is 1. The van der Waals surface area contributed by atoms with Crippen LogP contribution in [0.25, 0.3) is 0 Å². The van der Waals surface area contributed by atoms with E-state index in [4.69, 9.17) is 0 Å². The van der Waals surface area contributed by atoms with E-state index in [9.17, 15) is 13.6 Å². The number of nitrogens with zero attached hydrogens (tertiary/aromatic N) is 1. The molecule has 1 N–H and O–H groups in total. The molecule has 0 saturated carbocycles. The number of hydrogen-bond acceptors (Lipinski definition) is 3. The minimum atomic E-state index is -0.597. The van der Waals surface area contributed by atoms with Crippen molar-refractivity contribution in [1.29, 1.82) is 0 Å². The van der Waals surface area contributed by atoms with E-state index in [0.717, 1.165) is 18.2 Å². The van der Waals surface area contributed by atoms with E-state index in [0.29, 0.717) is 5.13 Å². The molecule has 6 heteroatoms. The maximum Gasteiger partial charge on any atom is 0.230 e. The Bertz CT molecular complexity index is 528. The van der Waals surface area contributed by atoms with Crippen molar-refractivity contribution in [2.24, 2.45) is 0 Å². The summed E-state index contributed by atoms with van der Waals surface area (Å²) in [7, 11) is 0. The molecule has 3 nitrogen and oxygen atoms in total. The highest BCUT2D eigenvalue weighted by Crippen LogP contribution is 2.13. The molecule has 0 aliphatic carbocycles. The van der Waals surface area contributed by atoms with Crippen LogP contribution in [0.15, 0.2) is 29.8 Å². The highest BCUT2D eigenvalue weighted by Gasteiger charge is 2.10. The van der Waals surface area contributed by atoms with Crippen LogP contribution in [0.3, 0.4) is 0 Å². The fourth-order valence-corrected chi connectivity index (χ4v) is 1.85. The Hall–Kier alpha value is -1.82. The van der Waals surface area contributed by atoms with Gasteiger partial charge >= 0.3 is 0 Å². The molecule has 1 aromatic heterocycles. The minimum Gasteiger partial charge on any atom is -0.302 e. The Morgan fingerprint density at radius 2 is 2.24 bits per heavy atom. The largest absolute Gasteiger partial charge is 0.302 e. The summed E-state index contributed by atoms with van der Waals surface area (Å²) in [6, 6.07) is 3.02. The first-order chi connectivity index (χ1) is 8.15. The maximum atomic E-state index is 13.2. The van der Waals surface area contributed by atoms with Gasteiger partial charge in [0.2, 0.25) is 5.91 Å². The number of carbonyl (C=O) groups excluding carboxylic acids is 1. The molecule has 0 fully saturated rings. The average molecular weight is 254 g/mol. The first kappa shape index (κ1) is 11.7. The number of hydrogen-bond donors (Lipinski definition) is 1. The molecule has 2 aromatic rings. The summed E-state index contributed by atoms with van der Waals surface area (Å²) in [4.78, 5) is 15.4. The van der Waals surface area contributed by atoms with Crippen molar-refractivity contribution in [3.63, 3.8) is 0 Å². The predicted octanol–water partition coefficient (Wildman–Crippen LogP) is 2.60. The first-order valence-corrected chi connectivity index (χ1v) is 5.66. The molecule has 1 heterocycles. The van der Waals surface area contributed by atoms with Crippen molar-refractivity contribution < 1.29 is 13.6 Å². The van der Waals surface area contributed by atoms with Crippen LogP contribution in [0.5, 0.6) is 0 Å². The molecular weight excluding hydrogens is 246 g/mol. The van der Waals surface area contributed by atoms with Crippen LogP contribution in [0.2, 0.25) is 0 Å². The van der Waals surface area contributed by atoms with E-state index in [-0.39, 0.29) is 12.0 Å². The lowest BCUT2D eigenvalue weighted by molar-refractivity contribution is -0.115. The van der Waals surface area contributed by atoms with E-state index in [1.54, 1.807) is 11.6 Å². The number of halogens is 2. The van der Waals surface area contributed by atoms with Crippen LogP contribution in [0.1, 0.15) is 5.56 Å². The number of carbonyl (C=O) groups is 1. The van der Waals surface area contributed by atoms with Gasteiger partial charge in [0, 0.05) is 17.1 Å². The fraction of sp³-hybridized carbons (Fsp3) is 0.0909. The molecule has 88 valence electrons. The summed E-state index contributed by atoms with van der Waals surface area (Å²) in [6.07, 6.45) is 1.33. The van der Waals surface area contributed by atoms with E-state index in [1.807, 2.05) is 0 Å². The van der Waals surface area contributed by atoms with Gasteiger partial charge in [-0.3, -0.25) is 4.79 Å².